The van der Waals surface area contributed by atoms with Gasteiger partial charge in [0.1, 0.15) is 5.69 Å². The van der Waals surface area contributed by atoms with Gasteiger partial charge >= 0.3 is 0 Å². The first-order valence-electron chi connectivity index (χ1n) is 7.75. The molecule has 0 aliphatic rings. The number of hydrogen-bond donors (Lipinski definition) is 0. The van der Waals surface area contributed by atoms with Gasteiger partial charge in [0, 0.05) is 24.6 Å². The van der Waals surface area contributed by atoms with Crippen LogP contribution in [0.1, 0.15) is 28.0 Å². The fraction of sp³-hybridized carbons (Fsp3) is 0.158. The van der Waals surface area contributed by atoms with Crippen molar-refractivity contribution >= 4 is 17.3 Å². The molecule has 0 atom stereocenters. The van der Waals surface area contributed by atoms with Crippen LogP contribution in [0.15, 0.2) is 60.8 Å². The van der Waals surface area contributed by atoms with Crippen molar-refractivity contribution in [3.8, 4) is 0 Å². The molecule has 0 N–H and O–H groups in total. The molecule has 0 unspecified atom stereocenters. The predicted molar refractivity (Wildman–Crippen MR) is 92.3 cm³/mol. The number of anilines is 2. The van der Waals surface area contributed by atoms with E-state index in [-0.39, 0.29) is 5.56 Å². The van der Waals surface area contributed by atoms with Gasteiger partial charge in [0.15, 0.2) is 0 Å². The van der Waals surface area contributed by atoms with Crippen LogP contribution in [0, 0.1) is 6.92 Å². The van der Waals surface area contributed by atoms with Crippen LogP contribution in [-0.2, 0) is 7.05 Å². The second-order valence-electron chi connectivity index (χ2n) is 5.72. The molecular weight excluding hydrogens is 324 g/mol. The largest absolute Gasteiger partial charge is 0.282 e. The van der Waals surface area contributed by atoms with Crippen molar-refractivity contribution in [1.82, 2.24) is 9.78 Å². The summed E-state index contributed by atoms with van der Waals surface area (Å²) in [7, 11) is 1.52. The smallest absolute Gasteiger partial charge is 0.277 e. The molecule has 128 valence electrons. The maximum absolute atomic E-state index is 13.3. The average molecular weight is 341 g/mol. The van der Waals surface area contributed by atoms with Gasteiger partial charge in [-0.1, -0.05) is 30.3 Å². The summed E-state index contributed by atoms with van der Waals surface area (Å²) in [5, 5.41) is 3.74. The Bertz CT molecular complexity index is 891. The Balaban J connectivity index is 2.14. The number of carbonyl (C=O) groups excluding carboxylic acids is 1. The van der Waals surface area contributed by atoms with Gasteiger partial charge in [-0.15, -0.1) is 0 Å². The number of carbonyl (C=O) groups is 1. The van der Waals surface area contributed by atoms with Crippen LogP contribution in [-0.4, -0.2) is 15.7 Å². The fourth-order valence-corrected chi connectivity index (χ4v) is 2.68. The van der Waals surface area contributed by atoms with Gasteiger partial charge in [0.2, 0.25) is 0 Å². The molecule has 0 saturated heterocycles. The Kier molecular flexibility index (Phi) is 4.61. The van der Waals surface area contributed by atoms with E-state index in [1.54, 1.807) is 30.3 Å². The SMILES string of the molecule is Cc1cccc(N(C(=O)c2cn(C)nc2C(F)F)c2ccccc2)c1. The molecule has 1 heterocycles. The van der Waals surface area contributed by atoms with Crippen molar-refractivity contribution in [2.24, 2.45) is 7.05 Å². The second kappa shape index (κ2) is 6.84. The normalized spacial score (nSPS) is 10.9. The van der Waals surface area contributed by atoms with Gasteiger partial charge in [0.05, 0.1) is 5.56 Å². The van der Waals surface area contributed by atoms with Crippen molar-refractivity contribution in [1.29, 1.82) is 0 Å². The first kappa shape index (κ1) is 16.8. The molecular formula is C19H17F2N3O. The van der Waals surface area contributed by atoms with Crippen molar-refractivity contribution in [2.75, 3.05) is 4.90 Å². The lowest BCUT2D eigenvalue weighted by Crippen LogP contribution is -2.26. The van der Waals surface area contributed by atoms with E-state index < -0.39 is 18.0 Å². The summed E-state index contributed by atoms with van der Waals surface area (Å²) in [4.78, 5) is 14.6. The topological polar surface area (TPSA) is 38.1 Å². The van der Waals surface area contributed by atoms with Crippen LogP contribution >= 0.6 is 0 Å². The van der Waals surface area contributed by atoms with Gasteiger partial charge < -0.3 is 0 Å². The quantitative estimate of drug-likeness (QED) is 0.693. The van der Waals surface area contributed by atoms with Crippen molar-refractivity contribution in [3.05, 3.63) is 77.6 Å². The molecule has 25 heavy (non-hydrogen) atoms. The molecule has 4 nitrogen and oxygen atoms in total. The number of hydrogen-bond acceptors (Lipinski definition) is 2. The van der Waals surface area contributed by atoms with Crippen LogP contribution in [0.2, 0.25) is 0 Å². The number of para-hydroxylation sites is 1. The van der Waals surface area contributed by atoms with Gasteiger partial charge in [-0.3, -0.25) is 14.4 Å². The predicted octanol–water partition coefficient (Wildman–Crippen LogP) is 4.64. The Morgan fingerprint density at radius 2 is 1.76 bits per heavy atom. The maximum atomic E-state index is 13.3. The first-order chi connectivity index (χ1) is 12.0. The first-order valence-corrected chi connectivity index (χ1v) is 7.75. The highest BCUT2D eigenvalue weighted by Gasteiger charge is 2.28. The van der Waals surface area contributed by atoms with Gasteiger partial charge in [-0.25, -0.2) is 8.78 Å². The highest BCUT2D eigenvalue weighted by molar-refractivity contribution is 6.11. The second-order valence-corrected chi connectivity index (χ2v) is 5.72. The standard InChI is InChI=1S/C19H17F2N3O/c1-13-7-6-10-15(11-13)24(14-8-4-3-5-9-14)19(25)16-12-23(2)22-17(16)18(20)21/h3-12,18H,1-2H3. The Morgan fingerprint density at radius 1 is 1.08 bits per heavy atom. The van der Waals surface area contributed by atoms with Gasteiger partial charge in [-0.2, -0.15) is 5.10 Å². The number of nitrogens with zero attached hydrogens (tertiary/aromatic N) is 3. The van der Waals surface area contributed by atoms with E-state index in [1.807, 2.05) is 31.2 Å². The zero-order chi connectivity index (χ0) is 18.0. The van der Waals surface area contributed by atoms with Crippen molar-refractivity contribution in [3.63, 3.8) is 0 Å². The molecule has 1 amide bonds. The molecule has 0 saturated carbocycles. The van der Waals surface area contributed by atoms with E-state index in [9.17, 15) is 13.6 Å². The molecule has 3 aromatic rings. The van der Waals surface area contributed by atoms with E-state index in [2.05, 4.69) is 5.10 Å². The molecule has 0 spiro atoms. The van der Waals surface area contributed by atoms with Gasteiger partial charge in [-0.05, 0) is 36.8 Å². The van der Waals surface area contributed by atoms with Crippen molar-refractivity contribution < 1.29 is 13.6 Å². The third kappa shape index (κ3) is 3.42. The van der Waals surface area contributed by atoms with E-state index in [0.29, 0.717) is 11.4 Å². The highest BCUT2D eigenvalue weighted by Crippen LogP contribution is 2.30. The average Bonchev–Trinajstić information content (AvgIpc) is 2.98. The molecule has 2 aromatic carbocycles. The summed E-state index contributed by atoms with van der Waals surface area (Å²) in [5.41, 5.74) is 1.55. The van der Waals surface area contributed by atoms with Crippen LogP contribution < -0.4 is 4.90 Å². The third-order valence-corrected chi connectivity index (χ3v) is 3.77. The molecule has 1 aromatic heterocycles. The summed E-state index contributed by atoms with van der Waals surface area (Å²) < 4.78 is 27.8. The summed E-state index contributed by atoms with van der Waals surface area (Å²) >= 11 is 0. The minimum absolute atomic E-state index is 0.108. The van der Waals surface area contributed by atoms with Gasteiger partial charge in [0.25, 0.3) is 12.3 Å². The van der Waals surface area contributed by atoms with Crippen LogP contribution in [0.5, 0.6) is 0 Å². The molecule has 0 aliphatic heterocycles. The van der Waals surface area contributed by atoms with Crippen LogP contribution in [0.25, 0.3) is 0 Å². The lowest BCUT2D eigenvalue weighted by Gasteiger charge is -2.23. The Hall–Kier alpha value is -3.02. The van der Waals surface area contributed by atoms with Crippen molar-refractivity contribution in [2.45, 2.75) is 13.3 Å². The fourth-order valence-electron chi connectivity index (χ4n) is 2.68. The number of halogens is 2. The lowest BCUT2D eigenvalue weighted by molar-refractivity contribution is 0.0984. The van der Waals surface area contributed by atoms with E-state index in [4.69, 9.17) is 0 Å². The monoisotopic (exact) mass is 341 g/mol. The highest BCUT2D eigenvalue weighted by atomic mass is 19.3. The third-order valence-electron chi connectivity index (χ3n) is 3.77. The molecule has 0 aliphatic carbocycles. The number of aromatic nitrogens is 2. The Morgan fingerprint density at radius 3 is 2.40 bits per heavy atom. The zero-order valence-corrected chi connectivity index (χ0v) is 13.9. The minimum atomic E-state index is -2.82. The number of amides is 1. The molecule has 0 bridgehead atoms. The summed E-state index contributed by atoms with van der Waals surface area (Å²) in [5.74, 6) is -0.541. The van der Waals surface area contributed by atoms with E-state index in [0.717, 1.165) is 5.56 Å². The minimum Gasteiger partial charge on any atom is -0.277 e. The van der Waals surface area contributed by atoms with E-state index >= 15 is 0 Å². The van der Waals surface area contributed by atoms with Crippen LogP contribution in [0.3, 0.4) is 0 Å². The van der Waals surface area contributed by atoms with E-state index in [1.165, 1.54) is 22.8 Å². The maximum Gasteiger partial charge on any atom is 0.282 e. The molecule has 6 heteroatoms. The number of rotatable bonds is 4. The Labute approximate surface area is 144 Å². The molecule has 0 radical (unpaired) electrons. The molecule has 0 fully saturated rings. The molecule has 3 rings (SSSR count). The lowest BCUT2D eigenvalue weighted by atomic mass is 10.1. The van der Waals surface area contributed by atoms with Crippen LogP contribution in [0.4, 0.5) is 20.2 Å². The summed E-state index contributed by atoms with van der Waals surface area (Å²) in [6.45, 7) is 1.91. The number of alkyl halides is 2. The summed E-state index contributed by atoms with van der Waals surface area (Å²) in [6, 6.07) is 16.3. The number of benzene rings is 2. The number of aryl methyl sites for hydroxylation is 2. The zero-order valence-electron chi connectivity index (χ0n) is 13.9. The summed E-state index contributed by atoms with van der Waals surface area (Å²) in [6.07, 6.45) is -1.49.